The van der Waals surface area contributed by atoms with Crippen LogP contribution in [0.2, 0.25) is 0 Å². The van der Waals surface area contributed by atoms with Crippen LogP contribution in [0.4, 0.5) is 0 Å². The number of hydrogen-bond donors (Lipinski definition) is 2. The molecule has 29 heavy (non-hydrogen) atoms. The summed E-state index contributed by atoms with van der Waals surface area (Å²) in [5, 5.41) is 12.0. The maximum Gasteiger partial charge on any atom is 0.191 e. The SMILES string of the molecule is CCN=C(NC1CCc2nc(C(C)C)nn2C1)NC1CC1c1ccc(Br)cc1.I. The molecule has 1 aromatic carbocycles. The third kappa shape index (κ3) is 5.51. The Kier molecular flexibility index (Phi) is 7.58. The molecule has 0 bridgehead atoms. The predicted octanol–water partition coefficient (Wildman–Crippen LogP) is 4.21. The summed E-state index contributed by atoms with van der Waals surface area (Å²) in [5.74, 6) is 3.92. The van der Waals surface area contributed by atoms with E-state index in [0.29, 0.717) is 23.9 Å². The van der Waals surface area contributed by atoms with Crippen LogP contribution in [0, 0.1) is 0 Å². The first-order valence-corrected chi connectivity index (χ1v) is 11.1. The summed E-state index contributed by atoms with van der Waals surface area (Å²) >= 11 is 3.51. The zero-order valence-electron chi connectivity index (χ0n) is 17.2. The van der Waals surface area contributed by atoms with Crippen molar-refractivity contribution < 1.29 is 0 Å². The monoisotopic (exact) mass is 572 g/mol. The van der Waals surface area contributed by atoms with E-state index in [2.05, 4.69) is 91.4 Å². The summed E-state index contributed by atoms with van der Waals surface area (Å²) in [6, 6.07) is 9.44. The molecule has 3 unspecified atom stereocenters. The van der Waals surface area contributed by atoms with Gasteiger partial charge < -0.3 is 10.6 Å². The quantitative estimate of drug-likeness (QED) is 0.320. The van der Waals surface area contributed by atoms with Crippen molar-refractivity contribution in [1.29, 1.82) is 0 Å². The third-order valence-electron chi connectivity index (χ3n) is 5.46. The molecule has 1 saturated carbocycles. The smallest absolute Gasteiger partial charge is 0.191 e. The summed E-state index contributed by atoms with van der Waals surface area (Å²) in [7, 11) is 0. The Bertz CT molecular complexity index is 847. The molecule has 2 N–H and O–H groups in total. The Morgan fingerprint density at radius 2 is 2.03 bits per heavy atom. The molecule has 1 fully saturated rings. The van der Waals surface area contributed by atoms with Crippen LogP contribution in [0.3, 0.4) is 0 Å². The lowest BCUT2D eigenvalue weighted by Gasteiger charge is -2.25. The van der Waals surface area contributed by atoms with Gasteiger partial charge in [-0.05, 0) is 37.5 Å². The minimum atomic E-state index is 0. The Hall–Kier alpha value is -1.16. The van der Waals surface area contributed by atoms with E-state index in [1.807, 2.05) is 0 Å². The van der Waals surface area contributed by atoms with Gasteiger partial charge in [0.15, 0.2) is 11.8 Å². The zero-order chi connectivity index (χ0) is 19.7. The van der Waals surface area contributed by atoms with Gasteiger partial charge in [0.1, 0.15) is 5.82 Å². The van der Waals surface area contributed by atoms with Crippen LogP contribution in [0.1, 0.15) is 62.7 Å². The van der Waals surface area contributed by atoms with Gasteiger partial charge in [0.05, 0.1) is 6.54 Å². The van der Waals surface area contributed by atoms with Gasteiger partial charge in [0, 0.05) is 41.4 Å². The summed E-state index contributed by atoms with van der Waals surface area (Å²) < 4.78 is 3.20. The molecule has 4 rings (SSSR count). The van der Waals surface area contributed by atoms with Gasteiger partial charge in [-0.2, -0.15) is 5.10 Å². The number of aryl methyl sites for hydroxylation is 1. The van der Waals surface area contributed by atoms with Gasteiger partial charge in [0.25, 0.3) is 0 Å². The number of nitrogens with one attached hydrogen (secondary N) is 2. The van der Waals surface area contributed by atoms with Crippen molar-refractivity contribution in [3.05, 3.63) is 46.0 Å². The summed E-state index contributed by atoms with van der Waals surface area (Å²) in [4.78, 5) is 9.35. The first kappa shape index (κ1) is 22.5. The number of aliphatic imine (C=N–C) groups is 1. The van der Waals surface area contributed by atoms with Crippen LogP contribution in [0.15, 0.2) is 33.7 Å². The molecular weight excluding hydrogens is 543 g/mol. The maximum atomic E-state index is 4.69. The molecule has 2 aliphatic rings. The standard InChI is InChI=1S/C21H29BrN6.HI/c1-4-23-21(25-18-11-17(18)14-5-7-15(22)8-6-14)24-16-9-10-19-26-20(13(2)3)27-28(19)12-16;/h5-8,13,16-18H,4,9-12H2,1-3H3,(H2,23,24,25);1H. The van der Waals surface area contributed by atoms with Crippen LogP contribution in [0.5, 0.6) is 0 Å². The molecule has 2 heterocycles. The Morgan fingerprint density at radius 1 is 1.28 bits per heavy atom. The Balaban J connectivity index is 0.00000240. The molecule has 0 radical (unpaired) electrons. The normalized spacial score (nSPS) is 23.3. The first-order valence-electron chi connectivity index (χ1n) is 10.3. The molecule has 1 aromatic heterocycles. The summed E-state index contributed by atoms with van der Waals surface area (Å²) in [6.07, 6.45) is 3.17. The highest BCUT2D eigenvalue weighted by Gasteiger charge is 2.39. The van der Waals surface area contributed by atoms with Gasteiger partial charge in [-0.1, -0.05) is 41.9 Å². The lowest BCUT2D eigenvalue weighted by Crippen LogP contribution is -2.48. The largest absolute Gasteiger partial charge is 0.353 e. The van der Waals surface area contributed by atoms with E-state index in [1.54, 1.807) is 0 Å². The summed E-state index contributed by atoms with van der Waals surface area (Å²) in [5.41, 5.74) is 1.39. The number of halogens is 2. The van der Waals surface area contributed by atoms with Crippen LogP contribution < -0.4 is 10.6 Å². The van der Waals surface area contributed by atoms with Crippen molar-refractivity contribution in [2.24, 2.45) is 4.99 Å². The predicted molar refractivity (Wildman–Crippen MR) is 131 cm³/mol. The topological polar surface area (TPSA) is 67.1 Å². The molecule has 0 spiro atoms. The average Bonchev–Trinajstić information content (AvgIpc) is 3.29. The molecule has 6 nitrogen and oxygen atoms in total. The molecule has 3 atom stereocenters. The first-order chi connectivity index (χ1) is 13.5. The third-order valence-corrected chi connectivity index (χ3v) is 5.99. The molecule has 1 aliphatic heterocycles. The number of rotatable bonds is 5. The molecule has 8 heteroatoms. The fraction of sp³-hybridized carbons (Fsp3) is 0.571. The minimum Gasteiger partial charge on any atom is -0.353 e. The van der Waals surface area contributed by atoms with E-state index in [4.69, 9.17) is 0 Å². The van der Waals surface area contributed by atoms with Crippen molar-refractivity contribution in [2.45, 2.75) is 70.5 Å². The van der Waals surface area contributed by atoms with E-state index in [-0.39, 0.29) is 24.0 Å². The molecule has 1 aliphatic carbocycles. The van der Waals surface area contributed by atoms with Gasteiger partial charge in [0.2, 0.25) is 0 Å². The van der Waals surface area contributed by atoms with Crippen molar-refractivity contribution in [3.63, 3.8) is 0 Å². The van der Waals surface area contributed by atoms with Gasteiger partial charge >= 0.3 is 0 Å². The lowest BCUT2D eigenvalue weighted by atomic mass is 10.1. The number of fused-ring (bicyclic) bond motifs is 1. The lowest BCUT2D eigenvalue weighted by molar-refractivity contribution is 0.391. The van der Waals surface area contributed by atoms with Crippen molar-refractivity contribution in [3.8, 4) is 0 Å². The second-order valence-corrected chi connectivity index (χ2v) is 8.99. The van der Waals surface area contributed by atoms with Crippen LogP contribution >= 0.6 is 39.9 Å². The Labute approximate surface area is 198 Å². The number of nitrogens with zero attached hydrogens (tertiary/aromatic N) is 4. The molecule has 0 amide bonds. The fourth-order valence-corrected chi connectivity index (χ4v) is 4.05. The zero-order valence-corrected chi connectivity index (χ0v) is 21.1. The molecule has 2 aromatic rings. The maximum absolute atomic E-state index is 4.69. The van der Waals surface area contributed by atoms with Crippen LogP contribution in [-0.2, 0) is 13.0 Å². The van der Waals surface area contributed by atoms with Gasteiger partial charge in [-0.15, -0.1) is 24.0 Å². The number of hydrogen-bond acceptors (Lipinski definition) is 3. The number of guanidine groups is 1. The van der Waals surface area contributed by atoms with Gasteiger partial charge in [-0.3, -0.25) is 4.99 Å². The number of benzene rings is 1. The van der Waals surface area contributed by atoms with Crippen LogP contribution in [-0.4, -0.2) is 39.4 Å². The van der Waals surface area contributed by atoms with Crippen molar-refractivity contribution >= 4 is 45.9 Å². The summed E-state index contributed by atoms with van der Waals surface area (Å²) in [6.45, 7) is 7.98. The highest BCUT2D eigenvalue weighted by molar-refractivity contribution is 14.0. The number of aromatic nitrogens is 3. The van der Waals surface area contributed by atoms with E-state index >= 15 is 0 Å². The minimum absolute atomic E-state index is 0. The van der Waals surface area contributed by atoms with E-state index in [0.717, 1.165) is 54.4 Å². The fourth-order valence-electron chi connectivity index (χ4n) is 3.78. The van der Waals surface area contributed by atoms with Crippen molar-refractivity contribution in [2.75, 3.05) is 6.54 Å². The van der Waals surface area contributed by atoms with Crippen molar-refractivity contribution in [1.82, 2.24) is 25.4 Å². The molecular formula is C21H30BrIN6. The van der Waals surface area contributed by atoms with E-state index in [9.17, 15) is 0 Å². The highest BCUT2D eigenvalue weighted by Crippen LogP contribution is 2.41. The Morgan fingerprint density at radius 3 is 2.72 bits per heavy atom. The average molecular weight is 573 g/mol. The second kappa shape index (κ2) is 9.76. The second-order valence-electron chi connectivity index (χ2n) is 8.07. The van der Waals surface area contributed by atoms with E-state index < -0.39 is 0 Å². The van der Waals surface area contributed by atoms with Gasteiger partial charge in [-0.25, -0.2) is 9.67 Å². The van der Waals surface area contributed by atoms with E-state index in [1.165, 1.54) is 5.56 Å². The molecule has 158 valence electrons. The molecule has 0 saturated heterocycles. The van der Waals surface area contributed by atoms with Crippen LogP contribution in [0.25, 0.3) is 0 Å². The highest BCUT2D eigenvalue weighted by atomic mass is 127.